The Kier molecular flexibility index (Phi) is 5.94. The van der Waals surface area contributed by atoms with Crippen LogP contribution in [0.25, 0.3) is 5.69 Å². The number of nitrogens with zero attached hydrogens (tertiary/aromatic N) is 5. The first-order valence-electron chi connectivity index (χ1n) is 12.3. The number of fused-ring (bicyclic) bond motifs is 1. The molecule has 1 amide bonds. The number of piperazine rings is 1. The number of benzene rings is 2. The van der Waals surface area contributed by atoms with Crippen molar-refractivity contribution in [3.05, 3.63) is 75.4 Å². The first-order chi connectivity index (χ1) is 17.2. The molecule has 2 aliphatic rings. The molecule has 0 aliphatic carbocycles. The van der Waals surface area contributed by atoms with Gasteiger partial charge in [-0.05, 0) is 51.5 Å². The Bertz CT molecular complexity index is 1310. The van der Waals surface area contributed by atoms with Crippen LogP contribution in [0.1, 0.15) is 36.1 Å². The summed E-state index contributed by atoms with van der Waals surface area (Å²) in [6.45, 7) is 9.98. The second kappa shape index (κ2) is 8.96. The summed E-state index contributed by atoms with van der Waals surface area (Å²) in [5, 5.41) is 11.8. The van der Waals surface area contributed by atoms with E-state index >= 15 is 0 Å². The van der Waals surface area contributed by atoms with Crippen LogP contribution < -0.4 is 9.64 Å². The average molecular weight is 490 g/mol. The number of hydrogen-bond acceptors (Lipinski definition) is 6. The maximum atomic E-state index is 13.6. The molecule has 1 aromatic heterocycles. The van der Waals surface area contributed by atoms with Crippen molar-refractivity contribution in [3.63, 3.8) is 0 Å². The van der Waals surface area contributed by atoms with Crippen LogP contribution in [0.2, 0.25) is 0 Å². The van der Waals surface area contributed by atoms with Crippen LogP contribution in [-0.4, -0.2) is 57.1 Å². The Morgan fingerprint density at radius 1 is 1.11 bits per heavy atom. The number of imidazole rings is 1. The average Bonchev–Trinajstić information content (AvgIpc) is 3.55. The van der Waals surface area contributed by atoms with Crippen molar-refractivity contribution in [1.82, 2.24) is 14.5 Å². The Hall–Kier alpha value is -3.88. The highest BCUT2D eigenvalue weighted by atomic mass is 16.6. The van der Waals surface area contributed by atoms with Gasteiger partial charge in [-0.1, -0.05) is 6.92 Å². The number of carbonyl (C=O) groups is 1. The Labute approximate surface area is 210 Å². The van der Waals surface area contributed by atoms with Gasteiger partial charge in [-0.2, -0.15) is 0 Å². The summed E-state index contributed by atoms with van der Waals surface area (Å²) in [7, 11) is 0. The summed E-state index contributed by atoms with van der Waals surface area (Å²) < 4.78 is 8.28. The van der Waals surface area contributed by atoms with Crippen molar-refractivity contribution in [2.75, 3.05) is 31.1 Å². The molecule has 9 nitrogen and oxygen atoms in total. The molecule has 0 N–H and O–H groups in total. The quantitative estimate of drug-likeness (QED) is 0.397. The van der Waals surface area contributed by atoms with Gasteiger partial charge < -0.3 is 19.1 Å². The van der Waals surface area contributed by atoms with Gasteiger partial charge in [0.15, 0.2) is 5.60 Å². The van der Waals surface area contributed by atoms with Gasteiger partial charge in [0.1, 0.15) is 5.75 Å². The fourth-order valence-corrected chi connectivity index (χ4v) is 5.58. The van der Waals surface area contributed by atoms with Crippen molar-refractivity contribution in [3.8, 4) is 11.4 Å². The predicted molar refractivity (Wildman–Crippen MR) is 137 cm³/mol. The topological polar surface area (TPSA) is 93.7 Å². The maximum Gasteiger partial charge on any atom is 0.276 e. The molecule has 0 radical (unpaired) electrons. The van der Waals surface area contributed by atoms with Crippen LogP contribution in [0, 0.1) is 24.0 Å². The lowest BCUT2D eigenvalue weighted by Crippen LogP contribution is -2.56. The van der Waals surface area contributed by atoms with E-state index in [9.17, 15) is 14.9 Å². The number of hydrogen-bond donors (Lipinski definition) is 0. The number of aromatic nitrogens is 2. The highest BCUT2D eigenvalue weighted by molar-refractivity contribution is 5.87. The Morgan fingerprint density at radius 2 is 1.78 bits per heavy atom. The van der Waals surface area contributed by atoms with E-state index in [1.807, 2.05) is 36.4 Å². The molecule has 0 saturated carbocycles. The molecule has 2 aromatic carbocycles. The van der Waals surface area contributed by atoms with Crippen LogP contribution >= 0.6 is 0 Å². The largest absolute Gasteiger partial charge is 0.477 e. The van der Waals surface area contributed by atoms with Gasteiger partial charge in [-0.25, -0.2) is 4.98 Å². The second-order valence-corrected chi connectivity index (χ2v) is 9.77. The smallest absolute Gasteiger partial charge is 0.276 e. The molecule has 1 fully saturated rings. The first-order valence-corrected chi connectivity index (χ1v) is 12.3. The fraction of sp³-hybridized carbons (Fsp3) is 0.407. The van der Waals surface area contributed by atoms with Crippen LogP contribution in [-0.2, 0) is 17.6 Å². The third kappa shape index (κ3) is 3.88. The molecule has 2 aliphatic heterocycles. The van der Waals surface area contributed by atoms with Crippen molar-refractivity contribution >= 4 is 17.3 Å². The maximum absolute atomic E-state index is 13.6. The normalized spacial score (nSPS) is 19.2. The third-order valence-corrected chi connectivity index (χ3v) is 7.58. The van der Waals surface area contributed by atoms with Crippen molar-refractivity contribution < 1.29 is 14.5 Å². The van der Waals surface area contributed by atoms with Gasteiger partial charge in [0.2, 0.25) is 0 Å². The standard InChI is InChI=1S/C27H31N5O4/c1-5-22-19(3)25-23(18(2)24(22)32(34)35)16-27(4,36-25)26(33)30-14-12-29(13-15-30)20-6-8-21(9-7-20)31-11-10-28-17-31/h6-11,17H,5,12-16H2,1-4H3. The zero-order valence-electron chi connectivity index (χ0n) is 21.2. The zero-order chi connectivity index (χ0) is 25.6. The van der Waals surface area contributed by atoms with E-state index in [2.05, 4.69) is 34.1 Å². The molecule has 1 atom stereocenters. The van der Waals surface area contributed by atoms with Crippen molar-refractivity contribution in [2.45, 2.75) is 46.1 Å². The second-order valence-electron chi connectivity index (χ2n) is 9.77. The van der Waals surface area contributed by atoms with E-state index < -0.39 is 5.60 Å². The van der Waals surface area contributed by atoms with E-state index in [0.29, 0.717) is 42.8 Å². The van der Waals surface area contributed by atoms with E-state index in [0.717, 1.165) is 35.6 Å². The zero-order valence-corrected chi connectivity index (χ0v) is 21.2. The number of rotatable bonds is 5. The van der Waals surface area contributed by atoms with Gasteiger partial charge in [0.25, 0.3) is 11.6 Å². The van der Waals surface area contributed by atoms with E-state index in [-0.39, 0.29) is 16.5 Å². The molecular formula is C27H31N5O4. The fourth-order valence-electron chi connectivity index (χ4n) is 5.58. The minimum absolute atomic E-state index is 0.0618. The van der Waals surface area contributed by atoms with E-state index in [1.54, 1.807) is 19.4 Å². The minimum atomic E-state index is -1.06. The van der Waals surface area contributed by atoms with Crippen LogP contribution in [0.5, 0.6) is 5.75 Å². The van der Waals surface area contributed by atoms with Gasteiger partial charge >= 0.3 is 0 Å². The first kappa shape index (κ1) is 23.8. The number of nitro benzene ring substituents is 1. The van der Waals surface area contributed by atoms with Crippen LogP contribution in [0.4, 0.5) is 11.4 Å². The highest BCUT2D eigenvalue weighted by Crippen LogP contribution is 2.46. The molecule has 1 saturated heterocycles. The minimum Gasteiger partial charge on any atom is -0.477 e. The molecule has 188 valence electrons. The molecule has 0 bridgehead atoms. The number of ether oxygens (including phenoxy) is 1. The molecular weight excluding hydrogens is 458 g/mol. The monoisotopic (exact) mass is 489 g/mol. The third-order valence-electron chi connectivity index (χ3n) is 7.58. The lowest BCUT2D eigenvalue weighted by Gasteiger charge is -2.39. The molecule has 3 aromatic rings. The Balaban J connectivity index is 1.29. The van der Waals surface area contributed by atoms with Gasteiger partial charge in [0.05, 0.1) is 11.3 Å². The van der Waals surface area contributed by atoms with Crippen LogP contribution in [0.15, 0.2) is 43.0 Å². The van der Waals surface area contributed by atoms with E-state index in [1.165, 1.54) is 0 Å². The number of anilines is 1. The molecule has 5 rings (SSSR count). The Morgan fingerprint density at radius 3 is 2.36 bits per heavy atom. The predicted octanol–water partition coefficient (Wildman–Crippen LogP) is 4.00. The van der Waals surface area contributed by atoms with Crippen molar-refractivity contribution in [2.24, 2.45) is 0 Å². The molecule has 9 heteroatoms. The number of carbonyl (C=O) groups excluding carboxylic acids is 1. The van der Waals surface area contributed by atoms with Crippen molar-refractivity contribution in [1.29, 1.82) is 0 Å². The van der Waals surface area contributed by atoms with Gasteiger partial charge in [0, 0.05) is 78.6 Å². The highest BCUT2D eigenvalue weighted by Gasteiger charge is 2.47. The van der Waals surface area contributed by atoms with Crippen LogP contribution in [0.3, 0.4) is 0 Å². The molecule has 0 spiro atoms. The van der Waals surface area contributed by atoms with Gasteiger partial charge in [-0.3, -0.25) is 14.9 Å². The molecule has 36 heavy (non-hydrogen) atoms. The summed E-state index contributed by atoms with van der Waals surface area (Å²) >= 11 is 0. The summed E-state index contributed by atoms with van der Waals surface area (Å²) in [6.07, 6.45) is 6.31. The summed E-state index contributed by atoms with van der Waals surface area (Å²) in [6, 6.07) is 8.31. The SMILES string of the molecule is CCc1c(C)c2c(c(C)c1[N+](=O)[O-])CC(C)(C(=O)N1CCN(c3ccc(-n4ccnc4)cc3)CC1)O2. The van der Waals surface area contributed by atoms with E-state index in [4.69, 9.17) is 4.74 Å². The molecule has 3 heterocycles. The lowest BCUT2D eigenvalue weighted by atomic mass is 9.90. The summed E-state index contributed by atoms with van der Waals surface area (Å²) in [4.78, 5) is 33.4. The number of amides is 1. The number of nitro groups is 1. The lowest BCUT2D eigenvalue weighted by molar-refractivity contribution is -0.386. The van der Waals surface area contributed by atoms with Gasteiger partial charge in [-0.15, -0.1) is 0 Å². The summed E-state index contributed by atoms with van der Waals surface area (Å²) in [5.74, 6) is 0.579. The summed E-state index contributed by atoms with van der Waals surface area (Å²) in [5.41, 5.74) is 4.10. The molecule has 1 unspecified atom stereocenters.